The Morgan fingerprint density at radius 2 is 1.55 bits per heavy atom. The maximum absolute atomic E-state index is 13.6. The molecular formula is C37H38Cl2N4O10. The average Bonchev–Trinajstić information content (AvgIpc) is 3.52. The molecule has 0 radical (unpaired) electrons. The first-order valence-electron chi connectivity index (χ1n) is 16.6. The normalized spacial score (nSPS) is 14.7. The van der Waals surface area contributed by atoms with Crippen LogP contribution in [0.4, 0.5) is 0 Å². The topological polar surface area (TPSA) is 220 Å². The maximum Gasteiger partial charge on any atom is 0.306 e. The van der Waals surface area contributed by atoms with Gasteiger partial charge < -0.3 is 45.5 Å². The zero-order chi connectivity index (χ0) is 38.2. The van der Waals surface area contributed by atoms with Crippen molar-refractivity contribution >= 4 is 40.9 Å². The number of rotatable bonds is 18. The van der Waals surface area contributed by atoms with Crippen LogP contribution in [-0.4, -0.2) is 80.5 Å². The second-order valence-corrected chi connectivity index (χ2v) is 13.2. The summed E-state index contributed by atoms with van der Waals surface area (Å²) >= 11 is 13.5. The number of carboxylic acids is 2. The quantitative estimate of drug-likeness (QED) is 0.0715. The fourth-order valence-corrected chi connectivity index (χ4v) is 6.67. The van der Waals surface area contributed by atoms with Crippen LogP contribution in [0.15, 0.2) is 59.4 Å². The summed E-state index contributed by atoms with van der Waals surface area (Å²) in [5.41, 5.74) is 3.93. The number of nitrogens with zero attached hydrogens (tertiary/aromatic N) is 1. The number of halogens is 2. The molecule has 0 saturated heterocycles. The van der Waals surface area contributed by atoms with E-state index < -0.39 is 48.0 Å². The Morgan fingerprint density at radius 3 is 2.19 bits per heavy atom. The highest BCUT2D eigenvalue weighted by atomic mass is 35.5. The highest BCUT2D eigenvalue weighted by Crippen LogP contribution is 2.43. The van der Waals surface area contributed by atoms with Crippen LogP contribution in [0.1, 0.15) is 63.7 Å². The SMILES string of the molecule is COc1nc(O[C@H]2CCc3c(-c4cccc(C(=O)c5ccc(CNC[C@@H](O)CC(=O)O)c(=O)[nH]5)c4Cl)cccc32)c(Cl)cc1CNC[C@@H](O)CC(=O)O. The summed E-state index contributed by atoms with van der Waals surface area (Å²) in [7, 11) is 1.45. The number of aliphatic hydroxyl groups excluding tert-OH is 2. The molecule has 4 aromatic rings. The highest BCUT2D eigenvalue weighted by molar-refractivity contribution is 6.37. The third kappa shape index (κ3) is 9.79. The number of carbonyl (C=O) groups is 3. The first kappa shape index (κ1) is 39.4. The molecule has 5 rings (SSSR count). The summed E-state index contributed by atoms with van der Waals surface area (Å²) in [6, 6.07) is 15.4. The average molecular weight is 770 g/mol. The predicted molar refractivity (Wildman–Crippen MR) is 195 cm³/mol. The molecule has 3 atom stereocenters. The minimum atomic E-state index is -1.14. The lowest BCUT2D eigenvalue weighted by molar-refractivity contribution is -0.140. The number of aromatic nitrogens is 2. The van der Waals surface area contributed by atoms with E-state index in [-0.39, 0.29) is 65.7 Å². The predicted octanol–water partition coefficient (Wildman–Crippen LogP) is 3.90. The second kappa shape index (κ2) is 17.8. The number of nitrogens with one attached hydrogen (secondary N) is 3. The number of H-pyrrole nitrogens is 1. The molecule has 1 aliphatic carbocycles. The van der Waals surface area contributed by atoms with Crippen LogP contribution >= 0.6 is 23.2 Å². The summed E-state index contributed by atoms with van der Waals surface area (Å²) in [4.78, 5) is 55.0. The van der Waals surface area contributed by atoms with Crippen molar-refractivity contribution in [1.29, 1.82) is 0 Å². The number of methoxy groups -OCH3 is 1. The molecule has 7 N–H and O–H groups in total. The zero-order valence-corrected chi connectivity index (χ0v) is 30.0. The largest absolute Gasteiger partial charge is 0.481 e. The van der Waals surface area contributed by atoms with Crippen LogP contribution in [0.5, 0.6) is 11.8 Å². The zero-order valence-electron chi connectivity index (χ0n) is 28.5. The van der Waals surface area contributed by atoms with Gasteiger partial charge in [-0.25, -0.2) is 0 Å². The molecule has 2 aromatic carbocycles. The van der Waals surface area contributed by atoms with E-state index in [4.69, 9.17) is 42.9 Å². The van der Waals surface area contributed by atoms with Crippen LogP contribution in [0.3, 0.4) is 0 Å². The number of ketones is 1. The summed E-state index contributed by atoms with van der Waals surface area (Å²) < 4.78 is 11.8. The molecule has 0 spiro atoms. The maximum atomic E-state index is 13.6. The van der Waals surface area contributed by atoms with E-state index >= 15 is 0 Å². The molecule has 16 heteroatoms. The molecule has 53 heavy (non-hydrogen) atoms. The number of carbonyl (C=O) groups excluding carboxylic acids is 1. The second-order valence-electron chi connectivity index (χ2n) is 12.5. The van der Waals surface area contributed by atoms with E-state index in [1.54, 1.807) is 18.2 Å². The first-order chi connectivity index (χ1) is 25.4. The molecule has 2 heterocycles. The van der Waals surface area contributed by atoms with Gasteiger partial charge in [-0.1, -0.05) is 59.6 Å². The molecule has 0 saturated carbocycles. The molecule has 280 valence electrons. The van der Waals surface area contributed by atoms with E-state index in [0.29, 0.717) is 29.5 Å². The number of aliphatic carboxylic acids is 2. The lowest BCUT2D eigenvalue weighted by Crippen LogP contribution is -2.30. The van der Waals surface area contributed by atoms with Crippen molar-refractivity contribution in [3.8, 4) is 22.9 Å². The summed E-state index contributed by atoms with van der Waals surface area (Å²) in [5.74, 6) is -2.30. The van der Waals surface area contributed by atoms with Crippen LogP contribution in [0.25, 0.3) is 11.1 Å². The fraction of sp³-hybridized carbons (Fsp3) is 0.324. The van der Waals surface area contributed by atoms with Crippen LogP contribution in [0, 0.1) is 0 Å². The van der Waals surface area contributed by atoms with Gasteiger partial charge in [0.25, 0.3) is 5.56 Å². The van der Waals surface area contributed by atoms with Crippen molar-refractivity contribution in [3.05, 3.63) is 109 Å². The molecule has 0 bridgehead atoms. The van der Waals surface area contributed by atoms with Gasteiger partial charge in [-0.2, -0.15) is 4.98 Å². The Hall–Kier alpha value is -4.83. The van der Waals surface area contributed by atoms with Crippen LogP contribution < -0.4 is 25.7 Å². The van der Waals surface area contributed by atoms with Gasteiger partial charge in [-0.3, -0.25) is 19.2 Å². The Labute approximate surface area is 313 Å². The number of ether oxygens (including phenoxy) is 2. The number of hydrogen-bond acceptors (Lipinski definition) is 11. The number of aromatic amines is 1. The number of pyridine rings is 2. The lowest BCUT2D eigenvalue weighted by atomic mass is 9.94. The molecular weight excluding hydrogens is 731 g/mol. The lowest BCUT2D eigenvalue weighted by Gasteiger charge is -2.18. The van der Waals surface area contributed by atoms with Gasteiger partial charge in [0.2, 0.25) is 17.5 Å². The van der Waals surface area contributed by atoms with Gasteiger partial charge in [-0.15, -0.1) is 0 Å². The van der Waals surface area contributed by atoms with Gasteiger partial charge >= 0.3 is 11.9 Å². The minimum Gasteiger partial charge on any atom is -0.481 e. The van der Waals surface area contributed by atoms with Gasteiger partial charge in [0.05, 0.1) is 42.9 Å². The third-order valence-corrected chi connectivity index (χ3v) is 9.30. The molecule has 1 aliphatic rings. The minimum absolute atomic E-state index is 0.0256. The number of hydrogen-bond donors (Lipinski definition) is 7. The van der Waals surface area contributed by atoms with E-state index in [1.807, 2.05) is 24.3 Å². The van der Waals surface area contributed by atoms with Crippen LogP contribution in [0.2, 0.25) is 10.0 Å². The van der Waals surface area contributed by atoms with Gasteiger partial charge in [0, 0.05) is 48.4 Å². The molecule has 0 unspecified atom stereocenters. The Bertz CT molecular complexity index is 2060. The van der Waals surface area contributed by atoms with E-state index in [1.165, 1.54) is 19.2 Å². The van der Waals surface area contributed by atoms with Crippen molar-refractivity contribution in [2.24, 2.45) is 0 Å². The van der Waals surface area contributed by atoms with Gasteiger partial charge in [-0.05, 0) is 47.7 Å². The van der Waals surface area contributed by atoms with Crippen LogP contribution in [-0.2, 0) is 29.1 Å². The number of aliphatic hydroxyl groups is 2. The molecule has 0 fully saturated rings. The Kier molecular flexibility index (Phi) is 13.2. The van der Waals surface area contributed by atoms with E-state index in [0.717, 1.165) is 16.7 Å². The standard InChI is InChI=1S/C37H38Cl2N4O10/c1-52-36-20(16-41-18-22(45)14-32(48)49)12-28(38)37(43-36)53-30-11-9-24-23(4-2-5-25(24)30)26-6-3-7-27(33(26)39)34(50)29-10-8-19(35(51)42-29)15-40-17-21(44)13-31(46)47/h2-8,10,12,21-22,30,40-41,44-45H,9,11,13-18H2,1H3,(H,42,51)(H,46,47)(H,48,49)/t21-,22-,30-/m0/s1. The van der Waals surface area contributed by atoms with Crippen molar-refractivity contribution in [2.75, 3.05) is 20.2 Å². The Morgan fingerprint density at radius 1 is 0.906 bits per heavy atom. The fourth-order valence-electron chi connectivity index (χ4n) is 6.14. The smallest absolute Gasteiger partial charge is 0.306 e. The Balaban J connectivity index is 1.31. The molecule has 14 nitrogen and oxygen atoms in total. The summed E-state index contributed by atoms with van der Waals surface area (Å²) in [5, 5.41) is 43.5. The third-order valence-electron chi connectivity index (χ3n) is 8.63. The summed E-state index contributed by atoms with van der Waals surface area (Å²) in [6.45, 7) is 0.294. The van der Waals surface area contributed by atoms with Crippen molar-refractivity contribution in [2.45, 2.75) is 57.1 Å². The highest BCUT2D eigenvalue weighted by Gasteiger charge is 2.29. The van der Waals surface area contributed by atoms with Gasteiger partial charge in [0.1, 0.15) is 11.1 Å². The number of carboxylic acid groups (broad SMARTS) is 2. The molecule has 0 amide bonds. The monoisotopic (exact) mass is 768 g/mol. The van der Waals surface area contributed by atoms with Crippen molar-refractivity contribution in [1.82, 2.24) is 20.6 Å². The van der Waals surface area contributed by atoms with Crippen molar-refractivity contribution < 1.29 is 44.3 Å². The van der Waals surface area contributed by atoms with E-state index in [9.17, 15) is 29.4 Å². The number of benzene rings is 2. The van der Waals surface area contributed by atoms with Gasteiger partial charge in [0.15, 0.2) is 0 Å². The first-order valence-corrected chi connectivity index (χ1v) is 17.4. The number of fused-ring (bicyclic) bond motifs is 1. The van der Waals surface area contributed by atoms with E-state index in [2.05, 4.69) is 20.6 Å². The van der Waals surface area contributed by atoms with Crippen molar-refractivity contribution in [3.63, 3.8) is 0 Å². The summed E-state index contributed by atoms with van der Waals surface area (Å²) in [6.07, 6.45) is -2.15. The molecule has 2 aromatic heterocycles. The molecule has 0 aliphatic heterocycles.